The van der Waals surface area contributed by atoms with Crippen LogP contribution in [-0.2, 0) is 6.54 Å². The summed E-state index contributed by atoms with van der Waals surface area (Å²) in [5.74, 6) is 1.44. The van der Waals surface area contributed by atoms with Crippen molar-refractivity contribution >= 4 is 40.9 Å². The van der Waals surface area contributed by atoms with E-state index in [-0.39, 0.29) is 18.2 Å². The van der Waals surface area contributed by atoms with Crippen LogP contribution in [0.1, 0.15) is 36.1 Å². The SMILES string of the molecule is CCCCSc1nnc(CNC(=O)c2ccco2)n1-c1ccc(Cl)c(Cl)c1. The van der Waals surface area contributed by atoms with Crippen molar-refractivity contribution in [3.05, 3.63) is 58.2 Å². The topological polar surface area (TPSA) is 73.0 Å². The van der Waals surface area contributed by atoms with E-state index in [1.165, 1.54) is 6.26 Å². The molecule has 0 aliphatic rings. The van der Waals surface area contributed by atoms with Crippen molar-refractivity contribution in [2.24, 2.45) is 0 Å². The number of unbranched alkanes of at least 4 members (excludes halogenated alkanes) is 1. The van der Waals surface area contributed by atoms with Crippen LogP contribution in [-0.4, -0.2) is 26.4 Å². The van der Waals surface area contributed by atoms with Gasteiger partial charge >= 0.3 is 0 Å². The monoisotopic (exact) mass is 424 g/mol. The summed E-state index contributed by atoms with van der Waals surface area (Å²) >= 11 is 13.8. The van der Waals surface area contributed by atoms with Gasteiger partial charge in [-0.1, -0.05) is 48.3 Å². The average Bonchev–Trinajstić information content (AvgIpc) is 3.32. The summed E-state index contributed by atoms with van der Waals surface area (Å²) < 4.78 is 6.99. The van der Waals surface area contributed by atoms with Crippen LogP contribution in [0.15, 0.2) is 46.2 Å². The van der Waals surface area contributed by atoms with Crippen LogP contribution in [0.25, 0.3) is 5.69 Å². The number of halogens is 2. The van der Waals surface area contributed by atoms with E-state index in [9.17, 15) is 4.79 Å². The summed E-state index contributed by atoms with van der Waals surface area (Å²) in [4.78, 5) is 12.1. The fraction of sp³-hybridized carbons (Fsp3) is 0.278. The minimum atomic E-state index is -0.316. The third kappa shape index (κ3) is 4.86. The Morgan fingerprint density at radius 2 is 2.11 bits per heavy atom. The first-order valence-corrected chi connectivity index (χ1v) is 10.2. The number of hydrogen-bond donors (Lipinski definition) is 1. The average molecular weight is 425 g/mol. The molecule has 1 aromatic carbocycles. The predicted molar refractivity (Wildman–Crippen MR) is 107 cm³/mol. The summed E-state index contributed by atoms with van der Waals surface area (Å²) in [5.41, 5.74) is 0.788. The highest BCUT2D eigenvalue weighted by Crippen LogP contribution is 2.28. The second-order valence-corrected chi connectivity index (χ2v) is 7.57. The molecule has 0 saturated carbocycles. The van der Waals surface area contributed by atoms with Crippen molar-refractivity contribution < 1.29 is 9.21 Å². The van der Waals surface area contributed by atoms with Crippen molar-refractivity contribution in [2.75, 3.05) is 5.75 Å². The van der Waals surface area contributed by atoms with Gasteiger partial charge in [-0.05, 0) is 36.8 Å². The molecule has 27 heavy (non-hydrogen) atoms. The molecular weight excluding hydrogens is 407 g/mol. The molecular formula is C18H18Cl2N4O2S. The number of carbonyl (C=O) groups is 1. The Kier molecular flexibility index (Phi) is 6.82. The lowest BCUT2D eigenvalue weighted by atomic mass is 10.3. The van der Waals surface area contributed by atoms with Crippen LogP contribution in [0.2, 0.25) is 10.0 Å². The fourth-order valence-electron chi connectivity index (χ4n) is 2.35. The number of hydrogen-bond acceptors (Lipinski definition) is 5. The maximum atomic E-state index is 12.1. The lowest BCUT2D eigenvalue weighted by Crippen LogP contribution is -2.24. The molecule has 6 nitrogen and oxygen atoms in total. The molecule has 9 heteroatoms. The van der Waals surface area contributed by atoms with Gasteiger partial charge in [-0.15, -0.1) is 10.2 Å². The number of nitrogens with one attached hydrogen (secondary N) is 1. The predicted octanol–water partition coefficient (Wildman–Crippen LogP) is 4.99. The molecule has 1 amide bonds. The van der Waals surface area contributed by atoms with Gasteiger partial charge in [-0.2, -0.15) is 0 Å². The van der Waals surface area contributed by atoms with Crippen molar-refractivity contribution in [3.63, 3.8) is 0 Å². The molecule has 142 valence electrons. The van der Waals surface area contributed by atoms with Crippen molar-refractivity contribution in [2.45, 2.75) is 31.5 Å². The molecule has 0 unspecified atom stereocenters. The van der Waals surface area contributed by atoms with Crippen LogP contribution in [0.3, 0.4) is 0 Å². The quantitative estimate of drug-likeness (QED) is 0.407. The molecule has 0 aliphatic carbocycles. The van der Waals surface area contributed by atoms with Gasteiger partial charge in [0.15, 0.2) is 16.7 Å². The van der Waals surface area contributed by atoms with Gasteiger partial charge in [-0.25, -0.2) is 0 Å². The Labute approximate surface area is 171 Å². The van der Waals surface area contributed by atoms with Gasteiger partial charge < -0.3 is 9.73 Å². The molecule has 0 saturated heterocycles. The van der Waals surface area contributed by atoms with Crippen molar-refractivity contribution in [3.8, 4) is 5.69 Å². The lowest BCUT2D eigenvalue weighted by molar-refractivity contribution is 0.0922. The maximum absolute atomic E-state index is 12.1. The molecule has 1 N–H and O–H groups in total. The molecule has 2 heterocycles. The first-order chi connectivity index (χ1) is 13.1. The summed E-state index contributed by atoms with van der Waals surface area (Å²) in [6, 6.07) is 8.60. The highest BCUT2D eigenvalue weighted by atomic mass is 35.5. The second kappa shape index (κ2) is 9.30. The van der Waals surface area contributed by atoms with Gasteiger partial charge in [0.2, 0.25) is 0 Å². The Hall–Kier alpha value is -1.96. The Bertz CT molecular complexity index is 912. The van der Waals surface area contributed by atoms with Crippen LogP contribution in [0.5, 0.6) is 0 Å². The van der Waals surface area contributed by atoms with Crippen molar-refractivity contribution in [1.29, 1.82) is 0 Å². The molecule has 0 spiro atoms. The standard InChI is InChI=1S/C18H18Cl2N4O2S/c1-2-3-9-27-18-23-22-16(11-21-17(25)15-5-4-8-26-15)24(18)12-6-7-13(19)14(20)10-12/h4-8,10H,2-3,9,11H2,1H3,(H,21,25). The Morgan fingerprint density at radius 3 is 2.81 bits per heavy atom. The second-order valence-electron chi connectivity index (χ2n) is 5.69. The Balaban J connectivity index is 1.86. The van der Waals surface area contributed by atoms with E-state index in [1.807, 2.05) is 10.6 Å². The summed E-state index contributed by atoms with van der Waals surface area (Å²) in [5, 5.41) is 13.0. The van der Waals surface area contributed by atoms with Gasteiger partial charge in [0.1, 0.15) is 0 Å². The third-order valence-corrected chi connectivity index (χ3v) is 5.50. The number of carbonyl (C=O) groups excluding carboxylic acids is 1. The molecule has 0 atom stereocenters. The number of amides is 1. The van der Waals surface area contributed by atoms with Gasteiger partial charge in [-0.3, -0.25) is 9.36 Å². The summed E-state index contributed by atoms with van der Waals surface area (Å²) in [6.45, 7) is 2.33. The number of benzene rings is 1. The van der Waals surface area contributed by atoms with Crippen LogP contribution >= 0.6 is 35.0 Å². The summed E-state index contributed by atoms with van der Waals surface area (Å²) in [6.07, 6.45) is 3.62. The van der Waals surface area contributed by atoms with Gasteiger partial charge in [0.25, 0.3) is 5.91 Å². The number of rotatable bonds is 8. The summed E-state index contributed by atoms with van der Waals surface area (Å²) in [7, 11) is 0. The first-order valence-electron chi connectivity index (χ1n) is 8.44. The van der Waals surface area contributed by atoms with E-state index in [2.05, 4.69) is 22.4 Å². The first kappa shape index (κ1) is 19.8. The molecule has 0 aliphatic heterocycles. The highest BCUT2D eigenvalue weighted by molar-refractivity contribution is 7.99. The number of nitrogens with zero attached hydrogens (tertiary/aromatic N) is 3. The van der Waals surface area contributed by atoms with E-state index in [0.717, 1.165) is 29.4 Å². The van der Waals surface area contributed by atoms with E-state index >= 15 is 0 Å². The minimum absolute atomic E-state index is 0.196. The van der Waals surface area contributed by atoms with E-state index in [0.29, 0.717) is 15.9 Å². The maximum Gasteiger partial charge on any atom is 0.287 e. The van der Waals surface area contributed by atoms with Gasteiger partial charge in [0.05, 0.1) is 28.5 Å². The molecule has 0 radical (unpaired) electrons. The molecule has 3 rings (SSSR count). The molecule has 2 aromatic heterocycles. The zero-order chi connectivity index (χ0) is 19.2. The van der Waals surface area contributed by atoms with E-state index < -0.39 is 0 Å². The van der Waals surface area contributed by atoms with Gasteiger partial charge in [0, 0.05) is 5.75 Å². The van der Waals surface area contributed by atoms with Crippen LogP contribution in [0, 0.1) is 0 Å². The van der Waals surface area contributed by atoms with E-state index in [4.69, 9.17) is 27.6 Å². The zero-order valence-corrected chi connectivity index (χ0v) is 16.9. The van der Waals surface area contributed by atoms with Crippen LogP contribution in [0.4, 0.5) is 0 Å². The number of furan rings is 1. The third-order valence-electron chi connectivity index (χ3n) is 3.74. The van der Waals surface area contributed by atoms with E-state index in [1.54, 1.807) is 36.0 Å². The van der Waals surface area contributed by atoms with Crippen LogP contribution < -0.4 is 5.32 Å². The van der Waals surface area contributed by atoms with Crippen molar-refractivity contribution in [1.82, 2.24) is 20.1 Å². The smallest absolute Gasteiger partial charge is 0.287 e. The highest BCUT2D eigenvalue weighted by Gasteiger charge is 2.17. The molecule has 0 bridgehead atoms. The number of aromatic nitrogens is 3. The normalized spacial score (nSPS) is 10.9. The molecule has 0 fully saturated rings. The minimum Gasteiger partial charge on any atom is -0.459 e. The lowest BCUT2D eigenvalue weighted by Gasteiger charge is -2.11. The largest absolute Gasteiger partial charge is 0.459 e. The number of thioether (sulfide) groups is 1. The Morgan fingerprint density at radius 1 is 1.26 bits per heavy atom. The fourth-order valence-corrected chi connectivity index (χ4v) is 3.70. The molecule has 3 aromatic rings. The zero-order valence-electron chi connectivity index (χ0n) is 14.6.